The fraction of sp³-hybridized carbons (Fsp3) is 0.611. The van der Waals surface area contributed by atoms with E-state index in [1.807, 2.05) is 11.0 Å². The summed E-state index contributed by atoms with van der Waals surface area (Å²) in [7, 11) is 0. The highest BCUT2D eigenvalue weighted by molar-refractivity contribution is 5.94. The summed E-state index contributed by atoms with van der Waals surface area (Å²) >= 11 is 0. The number of likely N-dealkylation sites (tertiary alicyclic amines) is 1. The molecule has 6 nitrogen and oxygen atoms in total. The van der Waals surface area contributed by atoms with E-state index in [1.54, 1.807) is 12.1 Å². The molecule has 3 rings (SSSR count). The first kappa shape index (κ1) is 16.9. The molecule has 3 heterocycles. The highest BCUT2D eigenvalue weighted by Gasteiger charge is 2.28. The van der Waals surface area contributed by atoms with Gasteiger partial charge in [-0.05, 0) is 37.8 Å². The molecule has 2 saturated heterocycles. The first-order chi connectivity index (χ1) is 11.8. The molecule has 0 bridgehead atoms. The lowest BCUT2D eigenvalue weighted by atomic mass is 9.98. The molecule has 2 fully saturated rings. The van der Waals surface area contributed by atoms with E-state index < -0.39 is 0 Å². The van der Waals surface area contributed by atoms with Gasteiger partial charge >= 0.3 is 0 Å². The van der Waals surface area contributed by atoms with Crippen molar-refractivity contribution in [1.82, 2.24) is 14.8 Å². The summed E-state index contributed by atoms with van der Waals surface area (Å²) in [5.74, 6) is 0.0404. The van der Waals surface area contributed by atoms with Crippen molar-refractivity contribution in [2.45, 2.75) is 31.7 Å². The molecule has 1 aromatic heterocycles. The smallest absolute Gasteiger partial charge is 0.255 e. The number of carbonyl (C=O) groups excluding carboxylic acids is 1. The van der Waals surface area contributed by atoms with Crippen LogP contribution in [0, 0.1) is 11.3 Å². The molecular formula is C18H24N4O2. The summed E-state index contributed by atoms with van der Waals surface area (Å²) in [6.07, 6.45) is 5.84. The van der Waals surface area contributed by atoms with E-state index in [1.165, 1.54) is 12.6 Å². The summed E-state index contributed by atoms with van der Waals surface area (Å²) in [5.41, 5.74) is 0.918. The molecule has 0 radical (unpaired) electrons. The Hall–Kier alpha value is -1.97. The second-order valence-corrected chi connectivity index (χ2v) is 6.43. The van der Waals surface area contributed by atoms with Crippen LogP contribution >= 0.6 is 0 Å². The third-order valence-corrected chi connectivity index (χ3v) is 4.90. The maximum Gasteiger partial charge on any atom is 0.255 e. The summed E-state index contributed by atoms with van der Waals surface area (Å²) in [6, 6.07) is 5.60. The van der Waals surface area contributed by atoms with E-state index in [0.717, 1.165) is 58.7 Å². The van der Waals surface area contributed by atoms with Gasteiger partial charge in [0.05, 0.1) is 18.8 Å². The lowest BCUT2D eigenvalue weighted by Gasteiger charge is -2.37. The van der Waals surface area contributed by atoms with E-state index in [9.17, 15) is 4.79 Å². The number of piperidine rings is 1. The molecule has 0 aromatic carbocycles. The fourth-order valence-corrected chi connectivity index (χ4v) is 3.48. The standard InChI is InChI=1S/C18H24N4O2/c19-13-16-5-4-15(14-20-16)18(23)22-7-2-1-3-17(22)6-8-21-9-11-24-12-10-21/h4-5,14,17H,1-3,6-12H2/t17-/m1/s1. The second-order valence-electron chi connectivity index (χ2n) is 6.43. The van der Waals surface area contributed by atoms with Gasteiger partial charge in [0.25, 0.3) is 5.91 Å². The predicted octanol–water partition coefficient (Wildman–Crippen LogP) is 1.67. The molecule has 6 heteroatoms. The number of hydrogen-bond acceptors (Lipinski definition) is 5. The molecule has 0 unspecified atom stereocenters. The van der Waals surface area contributed by atoms with Gasteiger partial charge in [0, 0.05) is 38.4 Å². The normalized spacial score (nSPS) is 22.1. The Kier molecular flexibility index (Phi) is 5.78. The maximum atomic E-state index is 12.8. The van der Waals surface area contributed by atoms with Crippen LogP contribution < -0.4 is 0 Å². The van der Waals surface area contributed by atoms with Crippen LogP contribution in [0.2, 0.25) is 0 Å². The first-order valence-corrected chi connectivity index (χ1v) is 8.75. The van der Waals surface area contributed by atoms with Crippen molar-refractivity contribution in [1.29, 1.82) is 5.26 Å². The number of rotatable bonds is 4. The van der Waals surface area contributed by atoms with Crippen LogP contribution in [-0.4, -0.2) is 66.1 Å². The Balaban J connectivity index is 1.62. The molecule has 1 aromatic rings. The molecule has 0 N–H and O–H groups in total. The number of nitriles is 1. The summed E-state index contributed by atoms with van der Waals surface area (Å²) < 4.78 is 5.39. The molecule has 0 saturated carbocycles. The van der Waals surface area contributed by atoms with Crippen molar-refractivity contribution in [3.05, 3.63) is 29.6 Å². The van der Waals surface area contributed by atoms with Crippen LogP contribution in [0.15, 0.2) is 18.3 Å². The molecule has 1 atom stereocenters. The first-order valence-electron chi connectivity index (χ1n) is 8.75. The quantitative estimate of drug-likeness (QED) is 0.841. The number of pyridine rings is 1. The summed E-state index contributed by atoms with van der Waals surface area (Å²) in [6.45, 7) is 5.42. The maximum absolute atomic E-state index is 12.8. The van der Waals surface area contributed by atoms with E-state index in [0.29, 0.717) is 17.3 Å². The second kappa shape index (κ2) is 8.22. The van der Waals surface area contributed by atoms with Crippen LogP contribution in [0.5, 0.6) is 0 Å². The van der Waals surface area contributed by atoms with E-state index in [2.05, 4.69) is 9.88 Å². The third-order valence-electron chi connectivity index (χ3n) is 4.90. The fourth-order valence-electron chi connectivity index (χ4n) is 3.48. The molecule has 0 aliphatic carbocycles. The minimum absolute atomic E-state index is 0.0404. The van der Waals surface area contributed by atoms with Gasteiger partial charge in [-0.15, -0.1) is 0 Å². The lowest BCUT2D eigenvalue weighted by Crippen LogP contribution is -2.46. The number of amides is 1. The number of hydrogen-bond donors (Lipinski definition) is 0. The topological polar surface area (TPSA) is 69.5 Å². The van der Waals surface area contributed by atoms with Crippen LogP contribution in [-0.2, 0) is 4.74 Å². The Bertz CT molecular complexity index is 590. The average molecular weight is 328 g/mol. The largest absolute Gasteiger partial charge is 0.379 e. The molecule has 2 aliphatic heterocycles. The molecule has 0 spiro atoms. The number of nitrogens with zero attached hydrogens (tertiary/aromatic N) is 4. The van der Waals surface area contributed by atoms with Crippen molar-refractivity contribution in [3.63, 3.8) is 0 Å². The zero-order valence-electron chi connectivity index (χ0n) is 14.0. The van der Waals surface area contributed by atoms with E-state index in [4.69, 9.17) is 10.00 Å². The highest BCUT2D eigenvalue weighted by atomic mass is 16.5. The van der Waals surface area contributed by atoms with Gasteiger partial charge < -0.3 is 9.64 Å². The van der Waals surface area contributed by atoms with Crippen molar-refractivity contribution in [2.24, 2.45) is 0 Å². The predicted molar refractivity (Wildman–Crippen MR) is 89.5 cm³/mol. The number of carbonyl (C=O) groups is 1. The van der Waals surface area contributed by atoms with Gasteiger partial charge in [0.1, 0.15) is 11.8 Å². The third kappa shape index (κ3) is 4.11. The molecule has 2 aliphatic rings. The zero-order chi connectivity index (χ0) is 16.8. The van der Waals surface area contributed by atoms with Crippen molar-refractivity contribution < 1.29 is 9.53 Å². The van der Waals surface area contributed by atoms with Crippen LogP contribution in [0.1, 0.15) is 41.7 Å². The summed E-state index contributed by atoms with van der Waals surface area (Å²) in [5, 5.41) is 8.83. The van der Waals surface area contributed by atoms with E-state index in [-0.39, 0.29) is 5.91 Å². The minimum Gasteiger partial charge on any atom is -0.379 e. The van der Waals surface area contributed by atoms with Crippen LogP contribution in [0.3, 0.4) is 0 Å². The lowest BCUT2D eigenvalue weighted by molar-refractivity contribution is 0.0295. The Labute approximate surface area is 143 Å². The van der Waals surface area contributed by atoms with Crippen molar-refractivity contribution in [2.75, 3.05) is 39.4 Å². The summed E-state index contributed by atoms with van der Waals surface area (Å²) in [4.78, 5) is 21.3. The SMILES string of the molecule is N#Cc1ccc(C(=O)N2CCCC[C@@H]2CCN2CCOCC2)cn1. The van der Waals surface area contributed by atoms with Crippen LogP contribution in [0.4, 0.5) is 0 Å². The Morgan fingerprint density at radius 2 is 2.12 bits per heavy atom. The van der Waals surface area contributed by atoms with Gasteiger partial charge in [-0.3, -0.25) is 9.69 Å². The Morgan fingerprint density at radius 1 is 1.29 bits per heavy atom. The van der Waals surface area contributed by atoms with Gasteiger partial charge in [-0.1, -0.05) is 0 Å². The van der Waals surface area contributed by atoms with Gasteiger partial charge in [0.15, 0.2) is 0 Å². The molecule has 1 amide bonds. The van der Waals surface area contributed by atoms with Gasteiger partial charge in [0.2, 0.25) is 0 Å². The van der Waals surface area contributed by atoms with Crippen molar-refractivity contribution >= 4 is 5.91 Å². The monoisotopic (exact) mass is 328 g/mol. The van der Waals surface area contributed by atoms with Gasteiger partial charge in [-0.2, -0.15) is 5.26 Å². The average Bonchev–Trinajstić information content (AvgIpc) is 2.67. The number of ether oxygens (including phenoxy) is 1. The Morgan fingerprint density at radius 3 is 2.83 bits per heavy atom. The number of morpholine rings is 1. The molecular weight excluding hydrogens is 304 g/mol. The highest BCUT2D eigenvalue weighted by Crippen LogP contribution is 2.22. The molecule has 128 valence electrons. The van der Waals surface area contributed by atoms with E-state index >= 15 is 0 Å². The van der Waals surface area contributed by atoms with Crippen LogP contribution in [0.25, 0.3) is 0 Å². The van der Waals surface area contributed by atoms with Crippen molar-refractivity contribution in [3.8, 4) is 6.07 Å². The number of aromatic nitrogens is 1. The zero-order valence-corrected chi connectivity index (χ0v) is 14.0. The minimum atomic E-state index is 0.0404. The molecule has 24 heavy (non-hydrogen) atoms. The van der Waals surface area contributed by atoms with Gasteiger partial charge in [-0.25, -0.2) is 4.98 Å².